The van der Waals surface area contributed by atoms with E-state index in [0.717, 1.165) is 5.56 Å². The topological polar surface area (TPSA) is 63.3 Å². The SMILES string of the molecule is Cc1nc(-c2cccc(Cl)c2)c(C(C)C(=O)O)o1. The minimum Gasteiger partial charge on any atom is -0.481 e. The Labute approximate surface area is 109 Å². The van der Waals surface area contributed by atoms with Crippen LogP contribution in [0.5, 0.6) is 0 Å². The van der Waals surface area contributed by atoms with Gasteiger partial charge in [-0.2, -0.15) is 0 Å². The van der Waals surface area contributed by atoms with Crippen LogP contribution in [0.4, 0.5) is 0 Å². The molecule has 2 rings (SSSR count). The van der Waals surface area contributed by atoms with Gasteiger partial charge in [-0.05, 0) is 19.1 Å². The van der Waals surface area contributed by atoms with Crippen LogP contribution in [0.2, 0.25) is 5.02 Å². The molecule has 94 valence electrons. The van der Waals surface area contributed by atoms with Gasteiger partial charge in [0.15, 0.2) is 5.89 Å². The highest BCUT2D eigenvalue weighted by molar-refractivity contribution is 6.30. The van der Waals surface area contributed by atoms with E-state index < -0.39 is 11.9 Å². The van der Waals surface area contributed by atoms with E-state index >= 15 is 0 Å². The fraction of sp³-hybridized carbons (Fsp3) is 0.231. The molecule has 5 heteroatoms. The molecule has 0 aliphatic carbocycles. The molecule has 0 amide bonds. The van der Waals surface area contributed by atoms with E-state index in [2.05, 4.69) is 4.98 Å². The van der Waals surface area contributed by atoms with Crippen LogP contribution in [0.3, 0.4) is 0 Å². The van der Waals surface area contributed by atoms with Crippen LogP contribution in [-0.2, 0) is 4.79 Å². The minimum atomic E-state index is -0.950. The summed E-state index contributed by atoms with van der Waals surface area (Å²) in [6.45, 7) is 3.25. The van der Waals surface area contributed by atoms with E-state index in [1.165, 1.54) is 0 Å². The van der Waals surface area contributed by atoms with Gasteiger partial charge < -0.3 is 9.52 Å². The predicted molar refractivity (Wildman–Crippen MR) is 67.7 cm³/mol. The summed E-state index contributed by atoms with van der Waals surface area (Å²) >= 11 is 5.92. The first kappa shape index (κ1) is 12.6. The van der Waals surface area contributed by atoms with E-state index in [9.17, 15) is 4.79 Å². The number of nitrogens with zero attached hydrogens (tertiary/aromatic N) is 1. The van der Waals surface area contributed by atoms with Gasteiger partial charge in [-0.1, -0.05) is 23.7 Å². The molecule has 0 radical (unpaired) electrons. The molecule has 1 N–H and O–H groups in total. The van der Waals surface area contributed by atoms with Crippen LogP contribution in [0, 0.1) is 6.92 Å². The average Bonchev–Trinajstić information content (AvgIpc) is 2.70. The third kappa shape index (κ3) is 2.38. The molecule has 0 saturated heterocycles. The second kappa shape index (κ2) is 4.82. The number of carboxylic acid groups (broad SMARTS) is 1. The summed E-state index contributed by atoms with van der Waals surface area (Å²) in [6.07, 6.45) is 0. The van der Waals surface area contributed by atoms with E-state index in [0.29, 0.717) is 22.4 Å². The molecule has 1 aromatic carbocycles. The summed E-state index contributed by atoms with van der Waals surface area (Å²) in [7, 11) is 0. The highest BCUT2D eigenvalue weighted by Crippen LogP contribution is 2.31. The Morgan fingerprint density at radius 1 is 1.50 bits per heavy atom. The molecule has 0 aliphatic rings. The van der Waals surface area contributed by atoms with E-state index in [4.69, 9.17) is 21.1 Å². The first-order valence-corrected chi connectivity index (χ1v) is 5.83. The van der Waals surface area contributed by atoms with Gasteiger partial charge in [0.05, 0.1) is 0 Å². The quantitative estimate of drug-likeness (QED) is 0.923. The Morgan fingerprint density at radius 3 is 2.83 bits per heavy atom. The maximum Gasteiger partial charge on any atom is 0.314 e. The van der Waals surface area contributed by atoms with Crippen molar-refractivity contribution in [2.75, 3.05) is 0 Å². The largest absolute Gasteiger partial charge is 0.481 e. The number of hydrogen-bond donors (Lipinski definition) is 1. The van der Waals surface area contributed by atoms with Crippen molar-refractivity contribution < 1.29 is 14.3 Å². The Hall–Kier alpha value is -1.81. The van der Waals surface area contributed by atoms with Crippen molar-refractivity contribution in [2.24, 2.45) is 0 Å². The molecule has 1 aromatic heterocycles. The van der Waals surface area contributed by atoms with Gasteiger partial charge in [0.25, 0.3) is 0 Å². The number of halogens is 1. The van der Waals surface area contributed by atoms with Gasteiger partial charge in [-0.25, -0.2) is 4.98 Å². The molecule has 0 bridgehead atoms. The van der Waals surface area contributed by atoms with Gasteiger partial charge in [-0.3, -0.25) is 4.79 Å². The number of oxazole rings is 1. The normalized spacial score (nSPS) is 12.4. The summed E-state index contributed by atoms with van der Waals surface area (Å²) in [6, 6.07) is 7.09. The van der Waals surface area contributed by atoms with E-state index in [1.54, 1.807) is 32.0 Å². The highest BCUT2D eigenvalue weighted by atomic mass is 35.5. The summed E-state index contributed by atoms with van der Waals surface area (Å²) < 4.78 is 5.40. The second-order valence-electron chi connectivity index (χ2n) is 4.02. The molecule has 0 fully saturated rings. The molecular formula is C13H12ClNO3. The van der Waals surface area contributed by atoms with Gasteiger partial charge in [-0.15, -0.1) is 0 Å². The van der Waals surface area contributed by atoms with Crippen LogP contribution < -0.4 is 0 Å². The lowest BCUT2D eigenvalue weighted by molar-refractivity contribution is -0.138. The fourth-order valence-corrected chi connectivity index (χ4v) is 1.88. The molecule has 2 aromatic rings. The maximum absolute atomic E-state index is 11.0. The Kier molecular flexibility index (Phi) is 3.39. The van der Waals surface area contributed by atoms with Crippen molar-refractivity contribution in [1.82, 2.24) is 4.98 Å². The number of rotatable bonds is 3. The molecule has 18 heavy (non-hydrogen) atoms. The number of carboxylic acids is 1. The lowest BCUT2D eigenvalue weighted by Crippen LogP contribution is -2.07. The molecule has 1 heterocycles. The van der Waals surface area contributed by atoms with Crippen molar-refractivity contribution in [3.05, 3.63) is 40.9 Å². The third-order valence-electron chi connectivity index (χ3n) is 2.62. The first-order chi connectivity index (χ1) is 8.49. The minimum absolute atomic E-state index is 0.349. The molecule has 4 nitrogen and oxygen atoms in total. The Morgan fingerprint density at radius 2 is 2.22 bits per heavy atom. The van der Waals surface area contributed by atoms with Crippen molar-refractivity contribution in [1.29, 1.82) is 0 Å². The zero-order chi connectivity index (χ0) is 13.3. The van der Waals surface area contributed by atoms with Crippen LogP contribution in [-0.4, -0.2) is 16.1 Å². The number of aromatic nitrogens is 1. The van der Waals surface area contributed by atoms with E-state index in [1.807, 2.05) is 6.07 Å². The lowest BCUT2D eigenvalue weighted by atomic mass is 10.0. The van der Waals surface area contributed by atoms with Gasteiger partial charge in [0, 0.05) is 17.5 Å². The summed E-state index contributed by atoms with van der Waals surface area (Å²) in [5.74, 6) is -0.912. The lowest BCUT2D eigenvalue weighted by Gasteiger charge is -2.05. The molecular weight excluding hydrogens is 254 g/mol. The third-order valence-corrected chi connectivity index (χ3v) is 2.86. The first-order valence-electron chi connectivity index (χ1n) is 5.45. The second-order valence-corrected chi connectivity index (χ2v) is 4.45. The van der Waals surface area contributed by atoms with Crippen LogP contribution in [0.25, 0.3) is 11.3 Å². The predicted octanol–water partition coefficient (Wildman–Crippen LogP) is 3.49. The molecule has 0 saturated carbocycles. The highest BCUT2D eigenvalue weighted by Gasteiger charge is 2.24. The van der Waals surface area contributed by atoms with Crippen molar-refractivity contribution in [3.63, 3.8) is 0 Å². The monoisotopic (exact) mass is 265 g/mol. The number of carbonyl (C=O) groups is 1. The Bertz CT molecular complexity index is 592. The van der Waals surface area contributed by atoms with Crippen molar-refractivity contribution in [2.45, 2.75) is 19.8 Å². The van der Waals surface area contributed by atoms with Gasteiger partial charge in [0.1, 0.15) is 17.4 Å². The number of benzene rings is 1. The number of aryl methyl sites for hydroxylation is 1. The fourth-order valence-electron chi connectivity index (χ4n) is 1.69. The molecule has 1 unspecified atom stereocenters. The van der Waals surface area contributed by atoms with Gasteiger partial charge >= 0.3 is 5.97 Å². The van der Waals surface area contributed by atoms with Crippen molar-refractivity contribution in [3.8, 4) is 11.3 Å². The van der Waals surface area contributed by atoms with Crippen molar-refractivity contribution >= 4 is 17.6 Å². The standard InChI is InChI=1S/C13H12ClNO3/c1-7(13(16)17)12-11(15-8(2)18-12)9-4-3-5-10(14)6-9/h3-7H,1-2H3,(H,16,17). The molecule has 0 aliphatic heterocycles. The van der Waals surface area contributed by atoms with Gasteiger partial charge in [0.2, 0.25) is 0 Å². The molecule has 0 spiro atoms. The molecule has 1 atom stereocenters. The Balaban J connectivity index is 2.54. The number of hydrogen-bond acceptors (Lipinski definition) is 3. The maximum atomic E-state index is 11.0. The summed E-state index contributed by atoms with van der Waals surface area (Å²) in [4.78, 5) is 15.3. The van der Waals surface area contributed by atoms with Crippen LogP contribution >= 0.6 is 11.6 Å². The summed E-state index contributed by atoms with van der Waals surface area (Å²) in [5.41, 5.74) is 1.28. The van der Waals surface area contributed by atoms with E-state index in [-0.39, 0.29) is 0 Å². The zero-order valence-electron chi connectivity index (χ0n) is 9.98. The average molecular weight is 266 g/mol. The van der Waals surface area contributed by atoms with Crippen LogP contribution in [0.15, 0.2) is 28.7 Å². The van der Waals surface area contributed by atoms with Crippen LogP contribution in [0.1, 0.15) is 24.5 Å². The smallest absolute Gasteiger partial charge is 0.314 e. The number of aliphatic carboxylic acids is 1. The summed E-state index contributed by atoms with van der Waals surface area (Å²) in [5, 5.41) is 9.63. The zero-order valence-corrected chi connectivity index (χ0v) is 10.7.